The number of thiophene rings is 1. The first-order valence-electron chi connectivity index (χ1n) is 11.5. The number of amides is 1. The van der Waals surface area contributed by atoms with Gasteiger partial charge in [-0.2, -0.15) is 0 Å². The van der Waals surface area contributed by atoms with E-state index in [1.54, 1.807) is 22.8 Å². The highest BCUT2D eigenvalue weighted by Crippen LogP contribution is 2.35. The van der Waals surface area contributed by atoms with Gasteiger partial charge in [0.25, 0.3) is 5.56 Å². The molecule has 4 rings (SSSR count). The van der Waals surface area contributed by atoms with Crippen LogP contribution in [0.1, 0.15) is 62.8 Å². The highest BCUT2D eigenvalue weighted by molar-refractivity contribution is 8.00. The summed E-state index contributed by atoms with van der Waals surface area (Å²) in [4.78, 5) is 33.2. The van der Waals surface area contributed by atoms with Gasteiger partial charge in [-0.1, -0.05) is 31.5 Å². The van der Waals surface area contributed by atoms with Gasteiger partial charge in [0.15, 0.2) is 15.0 Å². The van der Waals surface area contributed by atoms with Crippen LogP contribution in [0.3, 0.4) is 0 Å². The average molecular weight is 498 g/mol. The fourth-order valence-corrected chi connectivity index (χ4v) is 8.39. The van der Waals surface area contributed by atoms with Crippen LogP contribution in [0.15, 0.2) is 9.95 Å². The van der Waals surface area contributed by atoms with E-state index in [0.29, 0.717) is 18.1 Å². The minimum Gasteiger partial charge on any atom is -0.351 e. The largest absolute Gasteiger partial charge is 0.351 e. The summed E-state index contributed by atoms with van der Waals surface area (Å²) in [6.07, 6.45) is 7.65. The van der Waals surface area contributed by atoms with E-state index < -0.39 is 15.1 Å². The molecule has 3 heterocycles. The molecule has 2 aromatic rings. The Kier molecular flexibility index (Phi) is 7.31. The zero-order chi connectivity index (χ0) is 22.9. The predicted octanol–water partition coefficient (Wildman–Crippen LogP) is 3.31. The molecular weight excluding hydrogens is 466 g/mol. The predicted molar refractivity (Wildman–Crippen MR) is 131 cm³/mol. The Morgan fingerprint density at radius 2 is 2.09 bits per heavy atom. The minimum atomic E-state index is -3.05. The number of rotatable bonds is 8. The van der Waals surface area contributed by atoms with Gasteiger partial charge in [-0.3, -0.25) is 14.2 Å². The first-order chi connectivity index (χ1) is 15.3. The average Bonchev–Trinajstić information content (AvgIpc) is 3.29. The van der Waals surface area contributed by atoms with E-state index in [2.05, 4.69) is 12.2 Å². The third-order valence-corrected chi connectivity index (χ3v) is 10.3. The number of nitrogens with zero attached hydrogens (tertiary/aromatic N) is 2. The molecular formula is C22H31N3O4S3. The van der Waals surface area contributed by atoms with Gasteiger partial charge < -0.3 is 5.32 Å². The van der Waals surface area contributed by atoms with E-state index in [1.807, 2.05) is 0 Å². The van der Waals surface area contributed by atoms with Crippen LogP contribution in [-0.2, 0) is 34.0 Å². The molecule has 0 radical (unpaired) electrons. The molecule has 7 nitrogen and oxygen atoms in total. The molecule has 32 heavy (non-hydrogen) atoms. The number of fused-ring (bicyclic) bond motifs is 3. The molecule has 2 aromatic heterocycles. The zero-order valence-corrected chi connectivity index (χ0v) is 21.1. The molecule has 0 saturated carbocycles. The van der Waals surface area contributed by atoms with Crippen LogP contribution >= 0.6 is 23.1 Å². The molecule has 0 aromatic carbocycles. The molecule has 1 aliphatic carbocycles. The summed E-state index contributed by atoms with van der Waals surface area (Å²) < 4.78 is 25.1. The van der Waals surface area contributed by atoms with E-state index in [0.717, 1.165) is 55.2 Å². The van der Waals surface area contributed by atoms with Gasteiger partial charge in [0, 0.05) is 17.5 Å². The van der Waals surface area contributed by atoms with Gasteiger partial charge in [-0.05, 0) is 51.0 Å². The van der Waals surface area contributed by atoms with Crippen molar-refractivity contribution in [2.75, 3.05) is 11.5 Å². The molecule has 2 unspecified atom stereocenters. The number of carbonyl (C=O) groups excluding carboxylic acids is 1. The maximum absolute atomic E-state index is 13.5. The van der Waals surface area contributed by atoms with E-state index in [1.165, 1.54) is 22.2 Å². The number of sulfone groups is 1. The Morgan fingerprint density at radius 3 is 2.81 bits per heavy atom. The first kappa shape index (κ1) is 23.8. The van der Waals surface area contributed by atoms with Crippen molar-refractivity contribution in [1.82, 2.24) is 14.9 Å². The van der Waals surface area contributed by atoms with Crippen molar-refractivity contribution < 1.29 is 13.2 Å². The van der Waals surface area contributed by atoms with Gasteiger partial charge in [0.2, 0.25) is 5.91 Å². The summed E-state index contributed by atoms with van der Waals surface area (Å²) in [5.41, 5.74) is 1.20. The second-order valence-electron chi connectivity index (χ2n) is 8.82. The van der Waals surface area contributed by atoms with Crippen LogP contribution in [-0.4, -0.2) is 46.7 Å². The van der Waals surface area contributed by atoms with Crippen molar-refractivity contribution >= 4 is 49.1 Å². The standard InChI is InChI=1S/C22H31N3O4S3/c1-3-4-7-11-25-21(27)18-16-8-5-6-9-17(16)31-20(18)24-22(25)30-14(2)19(26)23-15-10-12-32(28,29)13-15/h14-15H,3-13H2,1-2H3,(H,23,26). The number of thioether (sulfide) groups is 1. The fourth-order valence-electron chi connectivity index (χ4n) is 4.47. The van der Waals surface area contributed by atoms with Crippen LogP contribution in [0.5, 0.6) is 0 Å². The monoisotopic (exact) mass is 497 g/mol. The van der Waals surface area contributed by atoms with E-state index in [9.17, 15) is 18.0 Å². The molecule has 0 bridgehead atoms. The van der Waals surface area contributed by atoms with Crippen LogP contribution < -0.4 is 10.9 Å². The molecule has 10 heteroatoms. The molecule has 0 spiro atoms. The molecule has 1 N–H and O–H groups in total. The summed E-state index contributed by atoms with van der Waals surface area (Å²) in [6.45, 7) is 4.51. The summed E-state index contributed by atoms with van der Waals surface area (Å²) in [5, 5.41) is 3.75. The number of aryl methyl sites for hydroxylation is 2. The quantitative estimate of drug-likeness (QED) is 0.341. The van der Waals surface area contributed by atoms with Crippen molar-refractivity contribution in [2.45, 2.75) is 88.2 Å². The lowest BCUT2D eigenvalue weighted by Crippen LogP contribution is -2.40. The Balaban J connectivity index is 1.60. The van der Waals surface area contributed by atoms with E-state index >= 15 is 0 Å². The molecule has 2 aliphatic rings. The number of carbonyl (C=O) groups is 1. The first-order valence-corrected chi connectivity index (χ1v) is 15.0. The molecule has 2 atom stereocenters. The second kappa shape index (κ2) is 9.85. The maximum Gasteiger partial charge on any atom is 0.263 e. The van der Waals surface area contributed by atoms with Crippen molar-refractivity contribution in [1.29, 1.82) is 0 Å². The van der Waals surface area contributed by atoms with Crippen LogP contribution in [0.4, 0.5) is 0 Å². The summed E-state index contributed by atoms with van der Waals surface area (Å²) in [6, 6.07) is -0.332. The molecule has 1 aliphatic heterocycles. The highest BCUT2D eigenvalue weighted by Gasteiger charge is 2.31. The van der Waals surface area contributed by atoms with Gasteiger partial charge in [-0.15, -0.1) is 11.3 Å². The minimum absolute atomic E-state index is 0.00279. The third kappa shape index (κ3) is 5.07. The lowest BCUT2D eigenvalue weighted by molar-refractivity contribution is -0.120. The summed E-state index contributed by atoms with van der Waals surface area (Å²) in [7, 11) is -3.05. The lowest BCUT2D eigenvalue weighted by Gasteiger charge is -2.18. The van der Waals surface area contributed by atoms with E-state index in [4.69, 9.17) is 4.98 Å². The normalized spacial score (nSPS) is 20.9. The van der Waals surface area contributed by atoms with Gasteiger partial charge in [0.1, 0.15) is 4.83 Å². The fraction of sp³-hybridized carbons (Fsp3) is 0.682. The van der Waals surface area contributed by atoms with Crippen molar-refractivity contribution in [3.8, 4) is 0 Å². The van der Waals surface area contributed by atoms with Crippen molar-refractivity contribution in [3.63, 3.8) is 0 Å². The second-order valence-corrected chi connectivity index (χ2v) is 13.4. The van der Waals surface area contributed by atoms with Gasteiger partial charge in [0.05, 0.1) is 22.1 Å². The van der Waals surface area contributed by atoms with Crippen molar-refractivity contribution in [3.05, 3.63) is 20.8 Å². The van der Waals surface area contributed by atoms with E-state index in [-0.39, 0.29) is 29.0 Å². The van der Waals surface area contributed by atoms with Gasteiger partial charge >= 0.3 is 0 Å². The zero-order valence-electron chi connectivity index (χ0n) is 18.7. The van der Waals surface area contributed by atoms with Crippen LogP contribution in [0.25, 0.3) is 10.2 Å². The number of nitrogens with one attached hydrogen (secondary N) is 1. The van der Waals surface area contributed by atoms with Crippen LogP contribution in [0, 0.1) is 0 Å². The number of aromatic nitrogens is 2. The molecule has 176 valence electrons. The molecule has 1 saturated heterocycles. The maximum atomic E-state index is 13.5. The Labute approximate surface area is 197 Å². The Bertz CT molecular complexity index is 1170. The molecule has 1 fully saturated rings. The van der Waals surface area contributed by atoms with Crippen LogP contribution in [0.2, 0.25) is 0 Å². The SMILES string of the molecule is CCCCCn1c(SC(C)C(=O)NC2CCS(=O)(=O)C2)nc2sc3c(c2c1=O)CCCC3. The third-order valence-electron chi connectivity index (χ3n) is 6.26. The Hall–Kier alpha value is -1.39. The Morgan fingerprint density at radius 1 is 1.31 bits per heavy atom. The summed E-state index contributed by atoms with van der Waals surface area (Å²) >= 11 is 2.91. The topological polar surface area (TPSA) is 98.1 Å². The smallest absolute Gasteiger partial charge is 0.263 e. The van der Waals surface area contributed by atoms with Gasteiger partial charge in [-0.25, -0.2) is 13.4 Å². The summed E-state index contributed by atoms with van der Waals surface area (Å²) in [5.74, 6) is -0.0856. The number of hydrogen-bond acceptors (Lipinski definition) is 7. The van der Waals surface area contributed by atoms with Crippen molar-refractivity contribution in [2.24, 2.45) is 0 Å². The molecule has 1 amide bonds. The lowest BCUT2D eigenvalue weighted by atomic mass is 9.97. The number of unbranched alkanes of at least 4 members (excludes halogenated alkanes) is 2. The number of hydrogen-bond donors (Lipinski definition) is 1. The highest BCUT2D eigenvalue weighted by atomic mass is 32.2.